The Labute approximate surface area is 118 Å². The lowest BCUT2D eigenvalue weighted by molar-refractivity contribution is 0.205. The first-order valence-corrected chi connectivity index (χ1v) is 7.49. The van der Waals surface area contributed by atoms with Crippen molar-refractivity contribution in [1.82, 2.24) is 9.88 Å². The molecule has 0 aromatic carbocycles. The molecule has 1 aromatic rings. The average molecular weight is 312 g/mol. The molecule has 1 unspecified atom stereocenters. The van der Waals surface area contributed by atoms with Gasteiger partial charge in [-0.3, -0.25) is 0 Å². The third-order valence-corrected chi connectivity index (χ3v) is 4.46. The highest BCUT2D eigenvalue weighted by molar-refractivity contribution is 9.10. The lowest BCUT2D eigenvalue weighted by Gasteiger charge is -2.29. The molecule has 3 nitrogen and oxygen atoms in total. The van der Waals surface area contributed by atoms with Crippen molar-refractivity contribution < 1.29 is 0 Å². The number of nitrogens with one attached hydrogen (secondary N) is 1. The van der Waals surface area contributed by atoms with E-state index < -0.39 is 0 Å². The molecule has 18 heavy (non-hydrogen) atoms. The van der Waals surface area contributed by atoms with E-state index in [1.54, 1.807) is 0 Å². The number of pyridine rings is 1. The van der Waals surface area contributed by atoms with Gasteiger partial charge in [0, 0.05) is 23.8 Å². The topological polar surface area (TPSA) is 28.2 Å². The third-order valence-electron chi connectivity index (χ3n) is 3.63. The molecule has 2 rings (SSSR count). The van der Waals surface area contributed by atoms with Gasteiger partial charge in [0.1, 0.15) is 5.82 Å². The molecule has 1 aromatic heterocycles. The zero-order valence-electron chi connectivity index (χ0n) is 11.2. The first-order chi connectivity index (χ1) is 8.65. The number of halogens is 1. The molecule has 0 bridgehead atoms. The SMILES string of the molecule is Cc1cc(NCCC2CCCN(C)C2)ncc1Br. The highest BCUT2D eigenvalue weighted by atomic mass is 79.9. The summed E-state index contributed by atoms with van der Waals surface area (Å²) in [5.74, 6) is 1.83. The number of hydrogen-bond acceptors (Lipinski definition) is 3. The Morgan fingerprint density at radius 1 is 1.56 bits per heavy atom. The molecule has 1 aliphatic heterocycles. The summed E-state index contributed by atoms with van der Waals surface area (Å²) in [4.78, 5) is 6.81. The molecule has 0 radical (unpaired) electrons. The standard InChI is InChI=1S/C14H22BrN3/c1-11-8-14(17-9-13(11)15)16-6-5-12-4-3-7-18(2)10-12/h8-9,12H,3-7,10H2,1-2H3,(H,16,17). The van der Waals surface area contributed by atoms with E-state index in [2.05, 4.69) is 51.2 Å². The number of aromatic nitrogens is 1. The summed E-state index contributed by atoms with van der Waals surface area (Å²) in [5.41, 5.74) is 1.23. The van der Waals surface area contributed by atoms with Crippen LogP contribution in [0.15, 0.2) is 16.7 Å². The molecule has 1 saturated heterocycles. The van der Waals surface area contributed by atoms with Gasteiger partial charge in [-0.05, 0) is 73.3 Å². The average Bonchev–Trinajstić information content (AvgIpc) is 2.34. The van der Waals surface area contributed by atoms with Gasteiger partial charge in [-0.15, -0.1) is 0 Å². The number of piperidine rings is 1. The van der Waals surface area contributed by atoms with Gasteiger partial charge in [-0.1, -0.05) is 0 Å². The molecule has 0 aliphatic carbocycles. The number of nitrogens with zero attached hydrogens (tertiary/aromatic N) is 2. The monoisotopic (exact) mass is 311 g/mol. The van der Waals surface area contributed by atoms with E-state index in [0.717, 1.165) is 22.8 Å². The lowest BCUT2D eigenvalue weighted by Crippen LogP contribution is -2.32. The van der Waals surface area contributed by atoms with Crippen molar-refractivity contribution >= 4 is 21.7 Å². The maximum absolute atomic E-state index is 4.37. The molecule has 0 saturated carbocycles. The fraction of sp³-hybridized carbons (Fsp3) is 0.643. The Morgan fingerprint density at radius 3 is 3.11 bits per heavy atom. The molecule has 0 amide bonds. The minimum Gasteiger partial charge on any atom is -0.370 e. The van der Waals surface area contributed by atoms with Gasteiger partial charge in [0.25, 0.3) is 0 Å². The maximum atomic E-state index is 4.37. The van der Waals surface area contributed by atoms with E-state index in [0.29, 0.717) is 0 Å². The van der Waals surface area contributed by atoms with Crippen molar-refractivity contribution in [2.75, 3.05) is 32.0 Å². The summed E-state index contributed by atoms with van der Waals surface area (Å²) in [6.45, 7) is 5.62. The molecule has 1 fully saturated rings. The molecule has 0 spiro atoms. The summed E-state index contributed by atoms with van der Waals surface area (Å²) in [6, 6.07) is 2.09. The Kier molecular flexibility index (Phi) is 5.01. The molecule has 1 aliphatic rings. The van der Waals surface area contributed by atoms with E-state index in [1.807, 2.05) is 6.20 Å². The second kappa shape index (κ2) is 6.53. The van der Waals surface area contributed by atoms with Crippen molar-refractivity contribution in [2.45, 2.75) is 26.2 Å². The zero-order valence-corrected chi connectivity index (χ0v) is 12.8. The van der Waals surface area contributed by atoms with Crippen LogP contribution < -0.4 is 5.32 Å². The lowest BCUT2D eigenvalue weighted by atomic mass is 9.95. The van der Waals surface area contributed by atoms with E-state index in [1.165, 1.54) is 37.9 Å². The summed E-state index contributed by atoms with van der Waals surface area (Å²) in [7, 11) is 2.22. The first-order valence-electron chi connectivity index (χ1n) is 6.69. The summed E-state index contributed by atoms with van der Waals surface area (Å²) >= 11 is 3.47. The highest BCUT2D eigenvalue weighted by Crippen LogP contribution is 2.20. The van der Waals surface area contributed by atoms with E-state index in [9.17, 15) is 0 Å². The van der Waals surface area contributed by atoms with Crippen LogP contribution in [-0.2, 0) is 0 Å². The molecular formula is C14H22BrN3. The molecule has 2 heterocycles. The molecular weight excluding hydrogens is 290 g/mol. The third kappa shape index (κ3) is 3.95. The molecule has 1 N–H and O–H groups in total. The summed E-state index contributed by atoms with van der Waals surface area (Å²) in [6.07, 6.45) is 5.82. The smallest absolute Gasteiger partial charge is 0.126 e. The molecule has 4 heteroatoms. The Morgan fingerprint density at radius 2 is 2.39 bits per heavy atom. The van der Waals surface area contributed by atoms with Gasteiger partial charge in [-0.25, -0.2) is 4.98 Å². The van der Waals surface area contributed by atoms with Gasteiger partial charge in [0.2, 0.25) is 0 Å². The normalized spacial score (nSPS) is 20.9. The van der Waals surface area contributed by atoms with Crippen LogP contribution in [-0.4, -0.2) is 36.6 Å². The second-order valence-electron chi connectivity index (χ2n) is 5.30. The maximum Gasteiger partial charge on any atom is 0.126 e. The van der Waals surface area contributed by atoms with Crippen molar-refractivity contribution in [1.29, 1.82) is 0 Å². The Bertz CT molecular complexity index is 395. The highest BCUT2D eigenvalue weighted by Gasteiger charge is 2.16. The van der Waals surface area contributed by atoms with E-state index >= 15 is 0 Å². The van der Waals surface area contributed by atoms with Gasteiger partial charge < -0.3 is 10.2 Å². The largest absolute Gasteiger partial charge is 0.370 e. The van der Waals surface area contributed by atoms with Crippen LogP contribution in [0.25, 0.3) is 0 Å². The number of anilines is 1. The van der Waals surface area contributed by atoms with Crippen LogP contribution in [0, 0.1) is 12.8 Å². The fourth-order valence-electron chi connectivity index (χ4n) is 2.55. The Hall–Kier alpha value is -0.610. The summed E-state index contributed by atoms with van der Waals surface area (Å²) in [5, 5.41) is 3.42. The summed E-state index contributed by atoms with van der Waals surface area (Å²) < 4.78 is 1.07. The van der Waals surface area contributed by atoms with E-state index in [4.69, 9.17) is 0 Å². The minimum absolute atomic E-state index is 0.841. The van der Waals surface area contributed by atoms with Crippen LogP contribution in [0.1, 0.15) is 24.8 Å². The van der Waals surface area contributed by atoms with Crippen LogP contribution >= 0.6 is 15.9 Å². The van der Waals surface area contributed by atoms with Crippen molar-refractivity contribution in [3.8, 4) is 0 Å². The van der Waals surface area contributed by atoms with Gasteiger partial charge in [0.05, 0.1) is 0 Å². The number of likely N-dealkylation sites (tertiary alicyclic amines) is 1. The van der Waals surface area contributed by atoms with Gasteiger partial charge >= 0.3 is 0 Å². The number of hydrogen-bond donors (Lipinski definition) is 1. The van der Waals surface area contributed by atoms with Crippen molar-refractivity contribution in [3.63, 3.8) is 0 Å². The fourth-order valence-corrected chi connectivity index (χ4v) is 2.77. The zero-order chi connectivity index (χ0) is 13.0. The van der Waals surface area contributed by atoms with Gasteiger partial charge in [0.15, 0.2) is 0 Å². The quantitative estimate of drug-likeness (QED) is 0.924. The number of rotatable bonds is 4. The van der Waals surface area contributed by atoms with Crippen molar-refractivity contribution in [3.05, 3.63) is 22.3 Å². The van der Waals surface area contributed by atoms with Crippen LogP contribution in [0.2, 0.25) is 0 Å². The Balaban J connectivity index is 1.76. The van der Waals surface area contributed by atoms with Gasteiger partial charge in [-0.2, -0.15) is 0 Å². The number of aryl methyl sites for hydroxylation is 1. The van der Waals surface area contributed by atoms with Crippen LogP contribution in [0.4, 0.5) is 5.82 Å². The molecule has 1 atom stereocenters. The van der Waals surface area contributed by atoms with Crippen LogP contribution in [0.3, 0.4) is 0 Å². The second-order valence-corrected chi connectivity index (χ2v) is 6.16. The predicted molar refractivity (Wildman–Crippen MR) is 80.0 cm³/mol. The predicted octanol–water partition coefficient (Wildman–Crippen LogP) is 3.30. The van der Waals surface area contributed by atoms with E-state index in [-0.39, 0.29) is 0 Å². The molecule has 100 valence electrons. The van der Waals surface area contributed by atoms with Crippen LogP contribution in [0.5, 0.6) is 0 Å². The minimum atomic E-state index is 0.841. The van der Waals surface area contributed by atoms with Crippen molar-refractivity contribution in [2.24, 2.45) is 5.92 Å². The first kappa shape index (κ1) is 13.8.